The number of benzene rings is 1. The van der Waals surface area contributed by atoms with Gasteiger partial charge in [-0.25, -0.2) is 0 Å². The second-order valence-electron chi connectivity index (χ2n) is 5.48. The lowest BCUT2D eigenvalue weighted by Gasteiger charge is -2.24. The quantitative estimate of drug-likeness (QED) is 0.753. The van der Waals surface area contributed by atoms with Crippen molar-refractivity contribution in [3.63, 3.8) is 0 Å². The van der Waals surface area contributed by atoms with Crippen molar-refractivity contribution >= 4 is 0 Å². The van der Waals surface area contributed by atoms with Crippen molar-refractivity contribution in [2.24, 2.45) is 5.73 Å². The van der Waals surface area contributed by atoms with Crippen LogP contribution in [-0.2, 0) is 6.18 Å². The van der Waals surface area contributed by atoms with E-state index in [1.807, 2.05) is 0 Å². The third kappa shape index (κ3) is 3.30. The highest BCUT2D eigenvalue weighted by Gasteiger charge is 2.31. The topological polar surface area (TPSA) is 26.0 Å². The summed E-state index contributed by atoms with van der Waals surface area (Å²) in [7, 11) is 0. The molecule has 4 heteroatoms. The first-order valence-electron chi connectivity index (χ1n) is 6.83. The highest BCUT2D eigenvalue weighted by Crippen LogP contribution is 2.36. The van der Waals surface area contributed by atoms with Crippen molar-refractivity contribution in [3.8, 4) is 0 Å². The van der Waals surface area contributed by atoms with E-state index < -0.39 is 11.7 Å². The van der Waals surface area contributed by atoms with Crippen LogP contribution in [-0.4, -0.2) is 6.04 Å². The number of rotatable bonds is 1. The van der Waals surface area contributed by atoms with E-state index in [4.69, 9.17) is 5.73 Å². The first kappa shape index (κ1) is 14.4. The van der Waals surface area contributed by atoms with Crippen molar-refractivity contribution < 1.29 is 13.2 Å². The molecule has 0 radical (unpaired) electrons. The Hall–Kier alpha value is -1.03. The minimum Gasteiger partial charge on any atom is -0.327 e. The minimum absolute atomic E-state index is 0.0675. The highest BCUT2D eigenvalue weighted by molar-refractivity contribution is 5.35. The molecule has 19 heavy (non-hydrogen) atoms. The van der Waals surface area contributed by atoms with Gasteiger partial charge in [0.05, 0.1) is 5.56 Å². The molecular formula is C15H20F3N. The van der Waals surface area contributed by atoms with Gasteiger partial charge in [0.25, 0.3) is 0 Å². The molecule has 1 aliphatic rings. The van der Waals surface area contributed by atoms with Gasteiger partial charge in [-0.3, -0.25) is 0 Å². The van der Waals surface area contributed by atoms with Gasteiger partial charge in [0.1, 0.15) is 0 Å². The minimum atomic E-state index is -4.27. The van der Waals surface area contributed by atoms with E-state index in [1.54, 1.807) is 13.0 Å². The van der Waals surface area contributed by atoms with E-state index in [0.29, 0.717) is 5.56 Å². The fourth-order valence-electron chi connectivity index (χ4n) is 2.99. The molecule has 2 rings (SSSR count). The fourth-order valence-corrected chi connectivity index (χ4v) is 2.99. The molecule has 2 N–H and O–H groups in total. The number of nitrogens with two attached hydrogens (primary N) is 1. The molecule has 0 amide bonds. The van der Waals surface area contributed by atoms with Gasteiger partial charge < -0.3 is 5.73 Å². The Bertz CT molecular complexity index is 440. The van der Waals surface area contributed by atoms with Crippen molar-refractivity contribution in [2.75, 3.05) is 0 Å². The van der Waals surface area contributed by atoms with Gasteiger partial charge in [-0.2, -0.15) is 13.2 Å². The summed E-state index contributed by atoms with van der Waals surface area (Å²) < 4.78 is 38.0. The predicted octanol–water partition coefficient (Wildman–Crippen LogP) is 4.39. The van der Waals surface area contributed by atoms with E-state index in [1.165, 1.54) is 18.6 Å². The van der Waals surface area contributed by atoms with Crippen LogP contribution in [0.15, 0.2) is 18.2 Å². The van der Waals surface area contributed by atoms with Crippen LogP contribution in [0.5, 0.6) is 0 Å². The molecule has 1 saturated carbocycles. The van der Waals surface area contributed by atoms with Crippen molar-refractivity contribution in [3.05, 3.63) is 34.9 Å². The molecule has 0 aromatic heterocycles. The van der Waals surface area contributed by atoms with Crippen molar-refractivity contribution in [2.45, 2.75) is 57.2 Å². The number of hydrogen-bond donors (Lipinski definition) is 1. The zero-order valence-electron chi connectivity index (χ0n) is 11.1. The van der Waals surface area contributed by atoms with E-state index in [-0.39, 0.29) is 12.0 Å². The van der Waals surface area contributed by atoms with Gasteiger partial charge >= 0.3 is 6.18 Å². The van der Waals surface area contributed by atoms with Crippen LogP contribution >= 0.6 is 0 Å². The first-order valence-corrected chi connectivity index (χ1v) is 6.83. The van der Waals surface area contributed by atoms with E-state index in [9.17, 15) is 13.2 Å². The summed E-state index contributed by atoms with van der Waals surface area (Å²) >= 11 is 0. The predicted molar refractivity (Wildman–Crippen MR) is 70.0 cm³/mol. The molecule has 0 bridgehead atoms. The maximum atomic E-state index is 12.7. The fraction of sp³-hybridized carbons (Fsp3) is 0.600. The molecular weight excluding hydrogens is 251 g/mol. The van der Waals surface area contributed by atoms with E-state index in [0.717, 1.165) is 31.2 Å². The Labute approximate surface area is 112 Å². The van der Waals surface area contributed by atoms with Gasteiger partial charge in [0.2, 0.25) is 0 Å². The van der Waals surface area contributed by atoms with Crippen LogP contribution < -0.4 is 5.73 Å². The zero-order valence-corrected chi connectivity index (χ0v) is 11.1. The Morgan fingerprint density at radius 3 is 2.42 bits per heavy atom. The molecule has 0 heterocycles. The van der Waals surface area contributed by atoms with Crippen LogP contribution in [0.25, 0.3) is 0 Å². The van der Waals surface area contributed by atoms with E-state index >= 15 is 0 Å². The Morgan fingerprint density at radius 1 is 1.11 bits per heavy atom. The van der Waals surface area contributed by atoms with Gasteiger partial charge in [-0.05, 0) is 48.9 Å². The summed E-state index contributed by atoms with van der Waals surface area (Å²) in [4.78, 5) is 0. The highest BCUT2D eigenvalue weighted by atomic mass is 19.4. The SMILES string of the molecule is Cc1cc(C(F)(F)F)ccc1C1CCCCCC1N. The van der Waals surface area contributed by atoms with Crippen molar-refractivity contribution in [1.82, 2.24) is 0 Å². The first-order chi connectivity index (χ1) is 8.89. The zero-order chi connectivity index (χ0) is 14.0. The molecule has 0 aliphatic heterocycles. The van der Waals surface area contributed by atoms with E-state index in [2.05, 4.69) is 0 Å². The number of halogens is 3. The summed E-state index contributed by atoms with van der Waals surface area (Å²) in [6.45, 7) is 1.75. The molecule has 0 spiro atoms. The standard InChI is InChI=1S/C15H20F3N/c1-10-9-11(15(16,17)18)7-8-12(10)13-5-3-2-4-6-14(13)19/h7-9,13-14H,2-6,19H2,1H3. The second-order valence-corrected chi connectivity index (χ2v) is 5.48. The van der Waals surface area contributed by atoms with Crippen LogP contribution in [0.2, 0.25) is 0 Å². The number of aryl methyl sites for hydroxylation is 1. The lowest BCUT2D eigenvalue weighted by atomic mass is 9.85. The Kier molecular flexibility index (Phi) is 4.19. The molecule has 1 aromatic carbocycles. The number of alkyl halides is 3. The summed E-state index contributed by atoms with van der Waals surface area (Å²) in [6.07, 6.45) is 1.08. The van der Waals surface area contributed by atoms with Crippen LogP contribution in [0.4, 0.5) is 13.2 Å². The lowest BCUT2D eigenvalue weighted by molar-refractivity contribution is -0.137. The molecule has 1 fully saturated rings. The summed E-state index contributed by atoms with van der Waals surface area (Å²) in [5.74, 6) is 0.199. The maximum absolute atomic E-state index is 12.7. The maximum Gasteiger partial charge on any atom is 0.416 e. The molecule has 106 valence electrons. The molecule has 1 aromatic rings. The molecule has 0 saturated heterocycles. The van der Waals surface area contributed by atoms with Crippen LogP contribution in [0, 0.1) is 6.92 Å². The van der Waals surface area contributed by atoms with Gasteiger partial charge in [-0.15, -0.1) is 0 Å². The van der Waals surface area contributed by atoms with Gasteiger partial charge in [0, 0.05) is 6.04 Å². The second kappa shape index (κ2) is 5.53. The average Bonchev–Trinajstić information content (AvgIpc) is 2.53. The Morgan fingerprint density at radius 2 is 1.79 bits per heavy atom. The largest absolute Gasteiger partial charge is 0.416 e. The summed E-state index contributed by atoms with van der Waals surface area (Å²) in [6, 6.07) is 4.11. The van der Waals surface area contributed by atoms with Crippen LogP contribution in [0.1, 0.15) is 54.7 Å². The Balaban J connectivity index is 2.29. The van der Waals surface area contributed by atoms with Crippen LogP contribution in [0.3, 0.4) is 0 Å². The van der Waals surface area contributed by atoms with Gasteiger partial charge in [0.15, 0.2) is 0 Å². The van der Waals surface area contributed by atoms with Crippen molar-refractivity contribution in [1.29, 1.82) is 0 Å². The normalized spacial score (nSPS) is 25.1. The summed E-state index contributed by atoms with van der Waals surface area (Å²) in [5, 5.41) is 0. The molecule has 2 unspecified atom stereocenters. The smallest absolute Gasteiger partial charge is 0.327 e. The lowest BCUT2D eigenvalue weighted by Crippen LogP contribution is -2.27. The number of hydrogen-bond acceptors (Lipinski definition) is 1. The third-order valence-electron chi connectivity index (χ3n) is 4.07. The summed E-state index contributed by atoms with van der Waals surface area (Å²) in [5.41, 5.74) is 7.30. The average molecular weight is 271 g/mol. The molecule has 1 nitrogen and oxygen atoms in total. The van der Waals surface area contributed by atoms with Gasteiger partial charge in [-0.1, -0.05) is 25.3 Å². The molecule has 2 atom stereocenters. The monoisotopic (exact) mass is 271 g/mol. The third-order valence-corrected chi connectivity index (χ3v) is 4.07. The molecule has 1 aliphatic carbocycles.